The van der Waals surface area contributed by atoms with Crippen LogP contribution in [0.3, 0.4) is 0 Å². The van der Waals surface area contributed by atoms with Crippen LogP contribution in [0.5, 0.6) is 0 Å². The maximum atomic E-state index is 13.1. The van der Waals surface area contributed by atoms with Gasteiger partial charge in [-0.1, -0.05) is 0 Å². The zero-order valence-corrected chi connectivity index (χ0v) is 14.3. The zero-order chi connectivity index (χ0) is 14.3. The number of ether oxygens (including phenoxy) is 1. The fourth-order valence-electron chi connectivity index (χ4n) is 2.11. The Morgan fingerprint density at radius 3 is 2.47 bits per heavy atom. The molecule has 7 heteroatoms. The van der Waals surface area contributed by atoms with E-state index in [9.17, 15) is 13.2 Å². The van der Waals surface area contributed by atoms with Crippen molar-refractivity contribution < 1.29 is 17.9 Å². The van der Waals surface area contributed by atoms with Crippen molar-refractivity contribution in [2.45, 2.75) is 46.5 Å². The Bertz CT molecular complexity index is 445. The standard InChI is InChI=1S/C9H10F3N2O.3CH3.Sn/c10-9(11,12)7-4-5-13-14(7)8-3-1-2-6-15-8;;;;/h4,8H,1-3,6H2;3*1H3;. The first kappa shape index (κ1) is 15.2. The predicted molar refractivity (Wildman–Crippen MR) is 69.0 cm³/mol. The molecule has 19 heavy (non-hydrogen) atoms. The van der Waals surface area contributed by atoms with E-state index >= 15 is 0 Å². The molecule has 1 aromatic rings. The van der Waals surface area contributed by atoms with Gasteiger partial charge in [-0.05, 0) is 0 Å². The van der Waals surface area contributed by atoms with Gasteiger partial charge in [0, 0.05) is 0 Å². The van der Waals surface area contributed by atoms with Crippen molar-refractivity contribution in [3.63, 3.8) is 0 Å². The molecule has 0 aromatic carbocycles. The second kappa shape index (κ2) is 5.27. The van der Waals surface area contributed by atoms with E-state index in [-0.39, 0.29) is 0 Å². The first-order chi connectivity index (χ1) is 8.69. The Kier molecular flexibility index (Phi) is 4.20. The summed E-state index contributed by atoms with van der Waals surface area (Å²) in [5.41, 5.74) is -0.666. The fraction of sp³-hybridized carbons (Fsp3) is 0.750. The summed E-state index contributed by atoms with van der Waals surface area (Å²) in [7, 11) is 0. The summed E-state index contributed by atoms with van der Waals surface area (Å²) in [5.74, 6) is 0. The Morgan fingerprint density at radius 2 is 2.00 bits per heavy atom. The van der Waals surface area contributed by atoms with Gasteiger partial charge < -0.3 is 0 Å². The molecular weight excluding hydrogens is 364 g/mol. The molecule has 2 heterocycles. The molecule has 2 rings (SSSR count). The molecule has 0 saturated carbocycles. The molecule has 1 unspecified atom stereocenters. The third-order valence-corrected chi connectivity index (χ3v) is 8.31. The van der Waals surface area contributed by atoms with E-state index in [0.717, 1.165) is 17.5 Å². The molecule has 3 nitrogen and oxygen atoms in total. The molecule has 0 aliphatic carbocycles. The molecule has 0 N–H and O–H groups in total. The monoisotopic (exact) mass is 384 g/mol. The van der Waals surface area contributed by atoms with E-state index in [0.29, 0.717) is 16.7 Å². The number of hydrogen-bond acceptors (Lipinski definition) is 2. The van der Waals surface area contributed by atoms with Crippen LogP contribution in [-0.4, -0.2) is 34.8 Å². The molecule has 0 radical (unpaired) electrons. The molecule has 0 amide bonds. The molecule has 1 aliphatic rings. The number of hydrogen-bond donors (Lipinski definition) is 0. The summed E-state index contributed by atoms with van der Waals surface area (Å²) >= 11 is -2.62. The average Bonchev–Trinajstić information content (AvgIpc) is 2.74. The Labute approximate surface area is 115 Å². The van der Waals surface area contributed by atoms with Gasteiger partial charge in [-0.2, -0.15) is 0 Å². The van der Waals surface area contributed by atoms with Crippen molar-refractivity contribution >= 4 is 22.1 Å². The number of nitrogens with zero attached hydrogens (tertiary/aromatic N) is 2. The molecule has 0 bridgehead atoms. The van der Waals surface area contributed by atoms with E-state index in [1.165, 1.54) is 6.07 Å². The quantitative estimate of drug-likeness (QED) is 0.734. The van der Waals surface area contributed by atoms with Crippen LogP contribution in [0.1, 0.15) is 31.2 Å². The van der Waals surface area contributed by atoms with Gasteiger partial charge in [0.05, 0.1) is 0 Å². The molecule has 1 aliphatic heterocycles. The van der Waals surface area contributed by atoms with Gasteiger partial charge in [0.1, 0.15) is 0 Å². The van der Waals surface area contributed by atoms with Gasteiger partial charge in [-0.25, -0.2) is 0 Å². The van der Waals surface area contributed by atoms with Gasteiger partial charge in [0.2, 0.25) is 0 Å². The second-order valence-corrected chi connectivity index (χ2v) is 20.2. The summed E-state index contributed by atoms with van der Waals surface area (Å²) < 4.78 is 46.5. The minimum absolute atomic E-state index is 0.510. The molecule has 0 spiro atoms. The Balaban J connectivity index is 2.42. The van der Waals surface area contributed by atoms with Crippen LogP contribution in [0.2, 0.25) is 14.8 Å². The van der Waals surface area contributed by atoms with Crippen molar-refractivity contribution in [1.29, 1.82) is 0 Å². The number of halogens is 3. The summed E-state index contributed by atoms with van der Waals surface area (Å²) in [6.07, 6.45) is -2.54. The van der Waals surface area contributed by atoms with Crippen LogP contribution in [0.15, 0.2) is 6.07 Å². The van der Waals surface area contributed by atoms with Gasteiger partial charge in [0.25, 0.3) is 0 Å². The van der Waals surface area contributed by atoms with Crippen molar-refractivity contribution in [2.24, 2.45) is 0 Å². The topological polar surface area (TPSA) is 27.1 Å². The first-order valence-electron chi connectivity index (χ1n) is 6.48. The summed E-state index contributed by atoms with van der Waals surface area (Å²) in [5, 5.41) is 4.24. The van der Waals surface area contributed by atoms with E-state index in [4.69, 9.17) is 4.74 Å². The summed E-state index contributed by atoms with van der Waals surface area (Å²) in [6.45, 7) is 0.510. The molecular formula is C12H19F3N2OSn. The van der Waals surface area contributed by atoms with Gasteiger partial charge >= 0.3 is 115 Å². The van der Waals surface area contributed by atoms with Crippen LogP contribution in [0.4, 0.5) is 13.2 Å². The third-order valence-electron chi connectivity index (χ3n) is 3.22. The van der Waals surface area contributed by atoms with Gasteiger partial charge in [-0.3, -0.25) is 0 Å². The molecule has 1 fully saturated rings. The normalized spacial score (nSPS) is 21.7. The summed E-state index contributed by atoms with van der Waals surface area (Å²) in [6, 6.07) is 1.23. The van der Waals surface area contributed by atoms with E-state index < -0.39 is 36.5 Å². The Morgan fingerprint density at radius 1 is 1.32 bits per heavy atom. The van der Waals surface area contributed by atoms with Crippen molar-refractivity contribution in [3.8, 4) is 0 Å². The van der Waals surface area contributed by atoms with Crippen LogP contribution < -0.4 is 3.71 Å². The number of rotatable bonds is 2. The van der Waals surface area contributed by atoms with Gasteiger partial charge in [0.15, 0.2) is 0 Å². The predicted octanol–water partition coefficient (Wildman–Crippen LogP) is 3.15. The molecule has 1 atom stereocenters. The minimum atomic E-state index is -4.37. The van der Waals surface area contributed by atoms with Crippen LogP contribution in [-0.2, 0) is 10.9 Å². The van der Waals surface area contributed by atoms with Crippen LogP contribution >= 0.6 is 0 Å². The van der Waals surface area contributed by atoms with Crippen molar-refractivity contribution in [2.75, 3.05) is 6.61 Å². The first-order valence-corrected chi connectivity index (χ1v) is 16.5. The van der Waals surface area contributed by atoms with E-state index in [1.807, 2.05) is 0 Å². The number of alkyl halides is 3. The Hall–Kier alpha value is -0.241. The van der Waals surface area contributed by atoms with Gasteiger partial charge in [-0.15, -0.1) is 0 Å². The summed E-state index contributed by atoms with van der Waals surface area (Å²) in [4.78, 5) is 6.18. The number of aromatic nitrogens is 2. The molecule has 1 aromatic heterocycles. The van der Waals surface area contributed by atoms with Crippen LogP contribution in [0, 0.1) is 0 Å². The maximum absolute atomic E-state index is 13.1. The fourth-order valence-corrected chi connectivity index (χ4v) is 4.90. The molecule has 1 saturated heterocycles. The SMILES string of the molecule is [CH3][Sn]([CH3])([CH3])[c]1cc(C(F)(F)F)n(C2CCCCO2)n1. The third kappa shape index (κ3) is 3.45. The average molecular weight is 383 g/mol. The molecule has 108 valence electrons. The second-order valence-electron chi connectivity index (χ2n) is 5.93. The van der Waals surface area contributed by atoms with Crippen molar-refractivity contribution in [1.82, 2.24) is 9.78 Å². The zero-order valence-electron chi connectivity index (χ0n) is 11.4. The van der Waals surface area contributed by atoms with Crippen LogP contribution in [0.25, 0.3) is 0 Å². The van der Waals surface area contributed by atoms with Crippen molar-refractivity contribution in [3.05, 3.63) is 11.8 Å². The van der Waals surface area contributed by atoms with E-state index in [2.05, 4.69) is 19.9 Å². The van der Waals surface area contributed by atoms with E-state index in [1.54, 1.807) is 0 Å².